The van der Waals surface area contributed by atoms with E-state index in [9.17, 15) is 0 Å². The van der Waals surface area contributed by atoms with Gasteiger partial charge in [-0.25, -0.2) is 0 Å². The summed E-state index contributed by atoms with van der Waals surface area (Å²) >= 11 is 0. The van der Waals surface area contributed by atoms with Gasteiger partial charge in [0.05, 0.1) is 0 Å². The van der Waals surface area contributed by atoms with E-state index in [0.29, 0.717) is 0 Å². The smallest absolute Gasteiger partial charge is 4.00 e. The van der Waals surface area contributed by atoms with Gasteiger partial charge in [-0.05, 0) is 0 Å². The summed E-state index contributed by atoms with van der Waals surface area (Å²) in [5.41, 5.74) is 0. The summed E-state index contributed by atoms with van der Waals surface area (Å²) in [6.07, 6.45) is 0. The molecule has 0 spiro atoms. The third kappa shape index (κ3) is 1010. The zero-order chi connectivity index (χ0) is 9.00. The molecular weight excluding hydrogens is 247 g/mol. The monoisotopic (exact) mass is 248 g/mol. The Morgan fingerprint density at radius 1 is 0.667 bits per heavy atom. The van der Waals surface area contributed by atoms with Crippen LogP contribution in [0, 0.1) is 0 Å². The molecule has 0 rings (SSSR count). The van der Waals surface area contributed by atoms with Crippen LogP contribution in [0.25, 0.3) is 0 Å². The van der Waals surface area contributed by atoms with Crippen molar-refractivity contribution in [3.05, 3.63) is 0 Å². The van der Waals surface area contributed by atoms with Crippen molar-refractivity contribution in [1.29, 1.82) is 0 Å². The molecule has 0 fully saturated rings. The molecule has 0 heterocycles. The SMILES string of the molecule is O=S(=O)([O-])[O-].O=S(=O)([O-])[O-].[LiH].[Ti+4]. The average Bonchev–Trinajstić information content (AvgIpc) is 1.12. The normalized spacial score (nSPS) is 9.67. The molecule has 0 aromatic rings. The van der Waals surface area contributed by atoms with Crippen molar-refractivity contribution in [1.82, 2.24) is 0 Å². The minimum atomic E-state index is -5.17. The molecule has 0 aliphatic heterocycles. The van der Waals surface area contributed by atoms with E-state index in [2.05, 4.69) is 0 Å². The van der Waals surface area contributed by atoms with Crippen molar-refractivity contribution in [2.24, 2.45) is 0 Å². The maximum absolute atomic E-state index is 8.52. The third-order valence-corrected chi connectivity index (χ3v) is 0. The largest absolute Gasteiger partial charge is 4.00 e. The van der Waals surface area contributed by atoms with Crippen LogP contribution in [0.3, 0.4) is 0 Å². The molecule has 0 aliphatic carbocycles. The van der Waals surface area contributed by atoms with E-state index < -0.39 is 20.8 Å². The van der Waals surface area contributed by atoms with E-state index >= 15 is 0 Å². The molecule has 0 aliphatic rings. The Morgan fingerprint density at radius 3 is 0.667 bits per heavy atom. The Hall–Kier alpha value is 1.05. The van der Waals surface area contributed by atoms with Crippen LogP contribution < -0.4 is 0 Å². The Kier molecular flexibility index (Phi) is 16.7. The van der Waals surface area contributed by atoms with Crippen molar-refractivity contribution in [3.8, 4) is 0 Å². The summed E-state index contributed by atoms with van der Waals surface area (Å²) < 4.78 is 68.2. The van der Waals surface area contributed by atoms with Crippen LogP contribution in [0.5, 0.6) is 0 Å². The molecule has 8 nitrogen and oxygen atoms in total. The molecule has 0 bridgehead atoms. The molecule has 0 saturated heterocycles. The van der Waals surface area contributed by atoms with Gasteiger partial charge in [-0.2, -0.15) is 0 Å². The van der Waals surface area contributed by atoms with Gasteiger partial charge < -0.3 is 18.2 Å². The molecule has 0 atom stereocenters. The van der Waals surface area contributed by atoms with Crippen LogP contribution in [0.1, 0.15) is 0 Å². The molecular formula is HLiO8S2Ti. The van der Waals surface area contributed by atoms with Crippen molar-refractivity contribution in [2.75, 3.05) is 0 Å². The molecule has 0 amide bonds. The molecule has 0 radical (unpaired) electrons. The van der Waals surface area contributed by atoms with E-state index in [-0.39, 0.29) is 40.6 Å². The molecule has 0 N–H and O–H groups in total. The van der Waals surface area contributed by atoms with Gasteiger partial charge >= 0.3 is 40.6 Å². The molecule has 66 valence electrons. The molecule has 12 heteroatoms. The number of rotatable bonds is 0. The average molecular weight is 248 g/mol. The molecule has 0 aromatic carbocycles. The Bertz CT molecular complexity index is 213. The molecule has 0 saturated carbocycles. The van der Waals surface area contributed by atoms with Gasteiger partial charge in [-0.15, -0.1) is 0 Å². The van der Waals surface area contributed by atoms with Crippen molar-refractivity contribution in [3.63, 3.8) is 0 Å². The van der Waals surface area contributed by atoms with E-state index in [1.165, 1.54) is 0 Å². The standard InChI is InChI=1S/Li.2H2O4S.Ti.H/c;2*1-5(2,3)4;;/h;2*(H2,1,2,3,4);;/q;;;+4;/p-4. The topological polar surface area (TPSA) is 161 Å². The fraction of sp³-hybridized carbons (Fsp3) is 0. The number of hydrogen-bond donors (Lipinski definition) is 0. The molecule has 0 unspecified atom stereocenters. The zero-order valence-electron chi connectivity index (χ0n) is 4.58. The predicted octanol–water partition coefficient (Wildman–Crippen LogP) is -3.33. The van der Waals surface area contributed by atoms with Crippen molar-refractivity contribution in [2.45, 2.75) is 0 Å². The van der Waals surface area contributed by atoms with E-state index in [1.54, 1.807) is 0 Å². The van der Waals surface area contributed by atoms with Crippen LogP contribution in [0.2, 0.25) is 0 Å². The van der Waals surface area contributed by atoms with Crippen molar-refractivity contribution >= 4 is 39.7 Å². The second-order valence-electron chi connectivity index (χ2n) is 0.816. The molecule has 12 heavy (non-hydrogen) atoms. The first kappa shape index (κ1) is 23.1. The summed E-state index contributed by atoms with van der Waals surface area (Å²) in [6, 6.07) is 0. The van der Waals surface area contributed by atoms with Gasteiger partial charge in [0.25, 0.3) is 0 Å². The summed E-state index contributed by atoms with van der Waals surface area (Å²) in [4.78, 5) is 0. The maximum atomic E-state index is 8.52. The fourth-order valence-corrected chi connectivity index (χ4v) is 0. The zero-order valence-corrected chi connectivity index (χ0v) is 7.78. The first-order valence-corrected chi connectivity index (χ1v) is 4.00. The summed E-state index contributed by atoms with van der Waals surface area (Å²) in [5.74, 6) is 0. The third-order valence-electron chi connectivity index (χ3n) is 0. The van der Waals surface area contributed by atoms with E-state index in [4.69, 9.17) is 35.0 Å². The second kappa shape index (κ2) is 8.64. The van der Waals surface area contributed by atoms with Gasteiger partial charge in [0, 0.05) is 20.8 Å². The van der Waals surface area contributed by atoms with Crippen molar-refractivity contribution < 1.29 is 56.8 Å². The van der Waals surface area contributed by atoms with Crippen LogP contribution in [-0.4, -0.2) is 53.9 Å². The second-order valence-corrected chi connectivity index (χ2v) is 2.45. The van der Waals surface area contributed by atoms with E-state index in [0.717, 1.165) is 0 Å². The van der Waals surface area contributed by atoms with Gasteiger partial charge in [0.1, 0.15) is 0 Å². The minimum Gasteiger partial charge on any atom is 4.00 e. The number of hydrogen-bond acceptors (Lipinski definition) is 8. The predicted molar refractivity (Wildman–Crippen MR) is 28.1 cm³/mol. The van der Waals surface area contributed by atoms with Gasteiger partial charge in [0.2, 0.25) is 0 Å². The van der Waals surface area contributed by atoms with Crippen LogP contribution in [-0.2, 0) is 42.5 Å². The summed E-state index contributed by atoms with van der Waals surface area (Å²) in [6.45, 7) is 0. The maximum Gasteiger partial charge on any atom is 4.00 e. The minimum absolute atomic E-state index is 0. The summed E-state index contributed by atoms with van der Waals surface area (Å²) in [5, 5.41) is 0. The van der Waals surface area contributed by atoms with Gasteiger partial charge in [-0.3, -0.25) is 16.8 Å². The van der Waals surface area contributed by atoms with Crippen LogP contribution in [0.15, 0.2) is 0 Å². The fourth-order valence-electron chi connectivity index (χ4n) is 0. The Balaban J connectivity index is -0.0000000457. The summed E-state index contributed by atoms with van der Waals surface area (Å²) in [7, 11) is -10.3. The Morgan fingerprint density at radius 2 is 0.667 bits per heavy atom. The Labute approximate surface area is 95.9 Å². The molecule has 0 aromatic heterocycles. The van der Waals surface area contributed by atoms with Gasteiger partial charge in [-0.1, -0.05) is 0 Å². The first-order chi connectivity index (χ1) is 4.00. The first-order valence-electron chi connectivity index (χ1n) is 1.33. The van der Waals surface area contributed by atoms with Gasteiger partial charge in [0.15, 0.2) is 0 Å². The van der Waals surface area contributed by atoms with E-state index in [1.807, 2.05) is 0 Å². The van der Waals surface area contributed by atoms with Crippen LogP contribution >= 0.6 is 0 Å². The van der Waals surface area contributed by atoms with Crippen LogP contribution in [0.4, 0.5) is 0 Å². The quantitative estimate of drug-likeness (QED) is 0.244.